The highest BCUT2D eigenvalue weighted by Crippen LogP contribution is 1.80. The summed E-state index contributed by atoms with van der Waals surface area (Å²) in [5.74, 6) is -0.250. The minimum Gasteiger partial charge on any atom is -0.307 e. The van der Waals surface area contributed by atoms with Crippen molar-refractivity contribution in [1.29, 1.82) is 10.8 Å². The molecule has 0 bridgehead atoms. The second kappa shape index (κ2) is 14.1. The fraction of sp³-hybridized carbons (Fsp3) is 0.538. The van der Waals surface area contributed by atoms with Gasteiger partial charge in [0.25, 0.3) is 0 Å². The second-order valence-corrected chi connectivity index (χ2v) is 3.99. The summed E-state index contributed by atoms with van der Waals surface area (Å²) < 4.78 is 0. The van der Waals surface area contributed by atoms with Crippen LogP contribution in [0.5, 0.6) is 0 Å². The summed E-state index contributed by atoms with van der Waals surface area (Å²) in [6, 6.07) is 0. The molecule has 2 N–H and O–H groups in total. The van der Waals surface area contributed by atoms with Crippen molar-refractivity contribution < 1.29 is 19.2 Å². The van der Waals surface area contributed by atoms with Gasteiger partial charge in [-0.15, -0.1) is 0 Å². The molecule has 6 heteroatoms. The predicted molar refractivity (Wildman–Crippen MR) is 74.1 cm³/mol. The van der Waals surface area contributed by atoms with E-state index < -0.39 is 0 Å². The van der Waals surface area contributed by atoms with Crippen LogP contribution in [0.1, 0.15) is 47.5 Å². The maximum atomic E-state index is 10.0. The van der Waals surface area contributed by atoms with Crippen LogP contribution in [0, 0.1) is 10.8 Å². The number of nitrogens with one attached hydrogen (secondary N) is 2. The van der Waals surface area contributed by atoms with Gasteiger partial charge in [0, 0.05) is 11.9 Å². The molecule has 0 aromatic rings. The molecule has 0 aliphatic rings. The van der Waals surface area contributed by atoms with E-state index in [1.54, 1.807) is 6.92 Å². The van der Waals surface area contributed by atoms with Gasteiger partial charge in [-0.1, -0.05) is 0 Å². The van der Waals surface area contributed by atoms with Crippen LogP contribution in [0.15, 0.2) is 0 Å². The zero-order valence-corrected chi connectivity index (χ0v) is 12.1. The van der Waals surface area contributed by atoms with Gasteiger partial charge in [-0.05, 0) is 34.6 Å². The normalized spacial score (nSPS) is 7.84. The molecule has 0 fully saturated rings. The molecule has 0 radical (unpaired) electrons. The first-order valence-corrected chi connectivity index (χ1v) is 5.56. The Hall–Kier alpha value is -1.98. The minimum atomic E-state index is -0.0625. The predicted octanol–water partition coefficient (Wildman–Crippen LogP) is 1.78. The Kier molecular flexibility index (Phi) is 16.5. The van der Waals surface area contributed by atoms with Crippen molar-refractivity contribution in [2.75, 3.05) is 0 Å². The van der Waals surface area contributed by atoms with Gasteiger partial charge in [-0.25, -0.2) is 0 Å². The molecule has 0 saturated heterocycles. The van der Waals surface area contributed by atoms with Crippen molar-refractivity contribution in [1.82, 2.24) is 0 Å². The van der Waals surface area contributed by atoms with Crippen LogP contribution in [0.2, 0.25) is 0 Å². The zero-order chi connectivity index (χ0) is 16.0. The van der Waals surface area contributed by atoms with Crippen molar-refractivity contribution in [3.8, 4) is 0 Å². The van der Waals surface area contributed by atoms with Crippen LogP contribution in [0.3, 0.4) is 0 Å². The fourth-order valence-electron chi connectivity index (χ4n) is 0.701. The highest BCUT2D eigenvalue weighted by atomic mass is 16.2. The molecule has 0 heterocycles. The summed E-state index contributed by atoms with van der Waals surface area (Å²) in [5.41, 5.74) is 0.296. The van der Waals surface area contributed by atoms with Gasteiger partial charge in [0.1, 0.15) is 23.1 Å². The van der Waals surface area contributed by atoms with Crippen molar-refractivity contribution in [2.45, 2.75) is 47.5 Å². The summed E-state index contributed by atoms with van der Waals surface area (Å²) in [4.78, 5) is 40.1. The SMILES string of the molecule is CC(=N)C=N.CC(=O)CC(C)=O.CC(=O)CC(C)=O. The summed E-state index contributed by atoms with van der Waals surface area (Å²) in [6.07, 6.45) is 1.17. The highest BCUT2D eigenvalue weighted by molar-refractivity contribution is 6.26. The van der Waals surface area contributed by atoms with Crippen molar-refractivity contribution in [2.24, 2.45) is 0 Å². The van der Waals surface area contributed by atoms with E-state index in [9.17, 15) is 19.2 Å². The van der Waals surface area contributed by atoms with E-state index in [2.05, 4.69) is 0 Å². The van der Waals surface area contributed by atoms with Crippen LogP contribution in [0.4, 0.5) is 0 Å². The maximum absolute atomic E-state index is 10.0. The topological polar surface area (TPSA) is 116 Å². The van der Waals surface area contributed by atoms with Crippen LogP contribution >= 0.6 is 0 Å². The van der Waals surface area contributed by atoms with Gasteiger partial charge >= 0.3 is 0 Å². The summed E-state index contributed by atoms with van der Waals surface area (Å²) in [5, 5.41) is 12.8. The molecule has 0 aromatic carbocycles. The highest BCUT2D eigenvalue weighted by Gasteiger charge is 1.95. The molecule has 0 atom stereocenters. The Balaban J connectivity index is -0.000000206. The third-order valence-electron chi connectivity index (χ3n) is 1.21. The maximum Gasteiger partial charge on any atom is 0.137 e. The van der Waals surface area contributed by atoms with E-state index in [1.165, 1.54) is 27.7 Å². The summed E-state index contributed by atoms with van der Waals surface area (Å²) in [7, 11) is 0. The first-order chi connectivity index (χ1) is 8.52. The lowest BCUT2D eigenvalue weighted by molar-refractivity contribution is -0.126. The number of hydrogen-bond donors (Lipinski definition) is 2. The molecule has 0 saturated carbocycles. The van der Waals surface area contributed by atoms with Crippen LogP contribution in [0.25, 0.3) is 0 Å². The molecule has 19 heavy (non-hydrogen) atoms. The summed E-state index contributed by atoms with van der Waals surface area (Å²) in [6.45, 7) is 7.18. The van der Waals surface area contributed by atoms with Gasteiger partial charge in [0.05, 0.1) is 12.8 Å². The molecule has 0 aliphatic heterocycles. The van der Waals surface area contributed by atoms with E-state index in [1.807, 2.05) is 0 Å². The van der Waals surface area contributed by atoms with E-state index in [0.29, 0.717) is 5.71 Å². The third-order valence-corrected chi connectivity index (χ3v) is 1.21. The average Bonchev–Trinajstić information content (AvgIpc) is 2.14. The Bertz CT molecular complexity index is 310. The monoisotopic (exact) mass is 270 g/mol. The quantitative estimate of drug-likeness (QED) is 0.585. The lowest BCUT2D eigenvalue weighted by atomic mass is 10.2. The molecule has 0 aliphatic carbocycles. The first-order valence-electron chi connectivity index (χ1n) is 5.56. The molecule has 0 unspecified atom stereocenters. The van der Waals surface area contributed by atoms with Gasteiger partial charge in [-0.3, -0.25) is 19.2 Å². The molecule has 0 spiro atoms. The smallest absolute Gasteiger partial charge is 0.137 e. The lowest BCUT2D eigenvalue weighted by Crippen LogP contribution is -1.97. The second-order valence-electron chi connectivity index (χ2n) is 3.99. The lowest BCUT2D eigenvalue weighted by Gasteiger charge is -1.81. The van der Waals surface area contributed by atoms with Gasteiger partial charge < -0.3 is 10.8 Å². The Morgan fingerprint density at radius 1 is 0.737 bits per heavy atom. The Morgan fingerprint density at radius 3 is 0.895 bits per heavy atom. The molecular formula is C13H22N2O4. The summed E-state index contributed by atoms with van der Waals surface area (Å²) >= 11 is 0. The number of hydrogen-bond acceptors (Lipinski definition) is 6. The standard InChI is InChI=1S/2C5H8O2.C3H6N2/c2*1-4(6)3-5(2)7;1-3(5)2-4/h2*3H2,1-2H3;2,4-5H,1H3. The molecule has 0 aromatic heterocycles. The van der Waals surface area contributed by atoms with E-state index in [0.717, 1.165) is 6.21 Å². The molecular weight excluding hydrogens is 248 g/mol. The largest absolute Gasteiger partial charge is 0.307 e. The molecule has 6 nitrogen and oxygen atoms in total. The number of rotatable bonds is 5. The van der Waals surface area contributed by atoms with Gasteiger partial charge in [0.2, 0.25) is 0 Å². The molecule has 0 rings (SSSR count). The third kappa shape index (κ3) is 49.0. The van der Waals surface area contributed by atoms with Crippen LogP contribution in [-0.2, 0) is 19.2 Å². The number of Topliss-reactive ketones (excluding diaryl/α,β-unsaturated/α-hetero) is 4. The first kappa shape index (κ1) is 22.2. The number of ketones is 4. The number of carbonyl (C=O) groups excluding carboxylic acids is 4. The average molecular weight is 270 g/mol. The van der Waals surface area contributed by atoms with Crippen molar-refractivity contribution in [3.63, 3.8) is 0 Å². The van der Waals surface area contributed by atoms with E-state index in [-0.39, 0.29) is 36.0 Å². The zero-order valence-electron chi connectivity index (χ0n) is 12.1. The van der Waals surface area contributed by atoms with Crippen molar-refractivity contribution in [3.05, 3.63) is 0 Å². The van der Waals surface area contributed by atoms with Crippen LogP contribution < -0.4 is 0 Å². The van der Waals surface area contributed by atoms with Crippen LogP contribution in [-0.4, -0.2) is 35.1 Å². The Morgan fingerprint density at radius 2 is 0.895 bits per heavy atom. The minimum absolute atomic E-state index is 0.0625. The molecule has 0 amide bonds. The fourth-order valence-corrected chi connectivity index (χ4v) is 0.701. The number of carbonyl (C=O) groups is 4. The Labute approximate surface area is 113 Å². The van der Waals surface area contributed by atoms with Gasteiger partial charge in [-0.2, -0.15) is 0 Å². The van der Waals surface area contributed by atoms with Crippen molar-refractivity contribution >= 4 is 35.1 Å². The molecule has 108 valence electrons. The van der Waals surface area contributed by atoms with Gasteiger partial charge in [0.15, 0.2) is 0 Å². The van der Waals surface area contributed by atoms with E-state index >= 15 is 0 Å². The van der Waals surface area contributed by atoms with E-state index in [4.69, 9.17) is 10.8 Å².